The molecule has 7 aromatic rings. The fraction of sp³-hybridized carbons (Fsp3) is 0.0750. The number of nitrogens with one attached hydrogen (secondary N) is 1. The van der Waals surface area contributed by atoms with Crippen molar-refractivity contribution in [2.45, 2.75) is 18.5 Å². The zero-order valence-electron chi connectivity index (χ0n) is 23.5. The molecular formula is C40H28N2O. The number of nitrogens with zero attached hydrogens (tertiary/aromatic N) is 1. The molecule has 0 spiro atoms. The molecule has 0 saturated carbocycles. The van der Waals surface area contributed by atoms with Gasteiger partial charge in [0.25, 0.3) is 0 Å². The van der Waals surface area contributed by atoms with Crippen LogP contribution in [0, 0.1) is 0 Å². The van der Waals surface area contributed by atoms with Gasteiger partial charge in [-0.25, -0.2) is 0 Å². The highest BCUT2D eigenvalue weighted by molar-refractivity contribution is 6.08. The average Bonchev–Trinajstić information content (AvgIpc) is 3.47. The maximum Gasteiger partial charge on any atom is 0.146 e. The Hall–Kier alpha value is -5.41. The molecule has 0 radical (unpaired) electrons. The first-order valence-corrected chi connectivity index (χ1v) is 14.9. The minimum Gasteiger partial charge on any atom is -0.456 e. The lowest BCUT2D eigenvalue weighted by atomic mass is 9.75. The Morgan fingerprint density at radius 3 is 2.26 bits per heavy atom. The van der Waals surface area contributed by atoms with Gasteiger partial charge in [-0.2, -0.15) is 0 Å². The van der Waals surface area contributed by atoms with Gasteiger partial charge in [0.05, 0.1) is 11.1 Å². The van der Waals surface area contributed by atoms with Crippen LogP contribution in [0.2, 0.25) is 0 Å². The van der Waals surface area contributed by atoms with Gasteiger partial charge < -0.3 is 9.73 Å². The number of benzene rings is 6. The molecule has 6 aromatic carbocycles. The summed E-state index contributed by atoms with van der Waals surface area (Å²) in [5.74, 6) is 0.209. The molecule has 2 atom stereocenters. The molecule has 1 N–H and O–H groups in total. The maximum absolute atomic E-state index is 6.78. The second-order valence-corrected chi connectivity index (χ2v) is 11.5. The van der Waals surface area contributed by atoms with Crippen LogP contribution in [0.4, 0.5) is 0 Å². The predicted molar refractivity (Wildman–Crippen MR) is 173 cm³/mol. The predicted octanol–water partition coefficient (Wildman–Crippen LogP) is 8.02. The van der Waals surface area contributed by atoms with Crippen molar-refractivity contribution in [1.29, 1.82) is 0 Å². The number of hydrogen-bond acceptors (Lipinski definition) is 3. The number of furan rings is 1. The standard InChI is InChI=1S/C40H28N2O/c1-2-12-25(13-3-1)38-31-18-8-9-22-35(31)41-40(42-38)33-21-11-23-36-37(33)32-20-10-19-30(39(32)43-36)34-24-26-14-4-5-15-27(26)28-16-6-7-17-29(28)34/h1-23,34,40,42H,24H2. The quantitative estimate of drug-likeness (QED) is 0.241. The summed E-state index contributed by atoms with van der Waals surface area (Å²) in [4.78, 5) is 5.22. The summed E-state index contributed by atoms with van der Waals surface area (Å²) in [6, 6.07) is 49.6. The van der Waals surface area contributed by atoms with Gasteiger partial charge in [0.15, 0.2) is 0 Å². The van der Waals surface area contributed by atoms with Crippen LogP contribution in [0.5, 0.6) is 0 Å². The molecule has 0 saturated heterocycles. The molecule has 3 heteroatoms. The van der Waals surface area contributed by atoms with E-state index in [0.717, 1.165) is 55.8 Å². The molecular weight excluding hydrogens is 524 g/mol. The summed E-state index contributed by atoms with van der Waals surface area (Å²) in [6.45, 7) is 0. The summed E-state index contributed by atoms with van der Waals surface area (Å²) >= 11 is 0. The molecule has 1 aliphatic heterocycles. The molecule has 2 aliphatic rings. The van der Waals surface area contributed by atoms with Crippen molar-refractivity contribution in [3.05, 3.63) is 178 Å². The van der Waals surface area contributed by atoms with Crippen molar-refractivity contribution in [2.75, 3.05) is 0 Å². The van der Waals surface area contributed by atoms with Crippen LogP contribution in [0.25, 0.3) is 38.8 Å². The highest BCUT2D eigenvalue weighted by Gasteiger charge is 2.29. The average molecular weight is 553 g/mol. The monoisotopic (exact) mass is 552 g/mol. The smallest absolute Gasteiger partial charge is 0.146 e. The lowest BCUT2D eigenvalue weighted by Gasteiger charge is -2.28. The third-order valence-corrected chi connectivity index (χ3v) is 9.11. The van der Waals surface area contributed by atoms with Crippen molar-refractivity contribution < 1.29 is 4.42 Å². The van der Waals surface area contributed by atoms with Crippen LogP contribution in [0.15, 0.2) is 149 Å². The Bertz CT molecular complexity index is 2320. The fourth-order valence-corrected chi connectivity index (χ4v) is 7.19. The Kier molecular flexibility index (Phi) is 5.39. The van der Waals surface area contributed by atoms with Crippen LogP contribution >= 0.6 is 0 Å². The van der Waals surface area contributed by atoms with Crippen LogP contribution in [0.3, 0.4) is 0 Å². The molecule has 9 rings (SSSR count). The van der Waals surface area contributed by atoms with Crippen molar-refractivity contribution in [3.63, 3.8) is 0 Å². The SMILES string of the molecule is c1ccc(C2=c3ccccc3=NC(c3cccc4oc5c(C6Cc7ccccc7-c7ccccc76)cccc5c34)N2)cc1. The normalized spacial score (nSPS) is 17.1. The molecule has 0 bridgehead atoms. The van der Waals surface area contributed by atoms with Crippen LogP contribution in [-0.2, 0) is 6.42 Å². The number of fused-ring (bicyclic) bond motifs is 7. The molecule has 3 nitrogen and oxygen atoms in total. The Balaban J connectivity index is 1.23. The molecule has 1 aromatic heterocycles. The largest absolute Gasteiger partial charge is 0.456 e. The Morgan fingerprint density at radius 1 is 0.605 bits per heavy atom. The van der Waals surface area contributed by atoms with Crippen LogP contribution in [0.1, 0.15) is 39.9 Å². The van der Waals surface area contributed by atoms with Gasteiger partial charge in [-0.1, -0.05) is 127 Å². The fourth-order valence-electron chi connectivity index (χ4n) is 7.19. The molecule has 1 aliphatic carbocycles. The van der Waals surface area contributed by atoms with Crippen molar-refractivity contribution in [2.24, 2.45) is 4.99 Å². The van der Waals surface area contributed by atoms with E-state index in [1.807, 2.05) is 0 Å². The van der Waals surface area contributed by atoms with Crippen molar-refractivity contribution in [3.8, 4) is 11.1 Å². The zero-order chi connectivity index (χ0) is 28.3. The highest BCUT2D eigenvalue weighted by atomic mass is 16.3. The Morgan fingerprint density at radius 2 is 1.33 bits per heavy atom. The number of hydrogen-bond donors (Lipinski definition) is 1. The summed E-state index contributed by atoms with van der Waals surface area (Å²) in [5.41, 5.74) is 11.8. The van der Waals surface area contributed by atoms with Gasteiger partial charge in [0.2, 0.25) is 0 Å². The zero-order valence-corrected chi connectivity index (χ0v) is 23.5. The summed E-state index contributed by atoms with van der Waals surface area (Å²) in [5, 5.41) is 8.17. The first-order valence-electron chi connectivity index (χ1n) is 14.9. The second-order valence-electron chi connectivity index (χ2n) is 11.5. The van der Waals surface area contributed by atoms with E-state index in [1.54, 1.807) is 0 Å². The van der Waals surface area contributed by atoms with Crippen molar-refractivity contribution in [1.82, 2.24) is 5.32 Å². The lowest BCUT2D eigenvalue weighted by Crippen LogP contribution is -2.39. The summed E-state index contributed by atoms with van der Waals surface area (Å²) in [7, 11) is 0. The molecule has 2 unspecified atom stereocenters. The van der Waals surface area contributed by atoms with Gasteiger partial charge in [-0.3, -0.25) is 4.99 Å². The number of rotatable bonds is 3. The lowest BCUT2D eigenvalue weighted by molar-refractivity contribution is 0.635. The molecule has 0 fully saturated rings. The van der Waals surface area contributed by atoms with Gasteiger partial charge in [-0.15, -0.1) is 0 Å². The minimum absolute atomic E-state index is 0.209. The van der Waals surface area contributed by atoms with E-state index in [0.29, 0.717) is 0 Å². The first-order chi connectivity index (χ1) is 21.3. The molecule has 204 valence electrons. The maximum atomic E-state index is 6.78. The van der Waals surface area contributed by atoms with E-state index in [1.165, 1.54) is 27.8 Å². The topological polar surface area (TPSA) is 37.5 Å². The Labute approximate surface area is 249 Å². The minimum atomic E-state index is -0.249. The first kappa shape index (κ1) is 24.2. The van der Waals surface area contributed by atoms with E-state index in [2.05, 4.69) is 145 Å². The van der Waals surface area contributed by atoms with E-state index >= 15 is 0 Å². The van der Waals surface area contributed by atoms with E-state index < -0.39 is 0 Å². The third-order valence-electron chi connectivity index (χ3n) is 9.11. The van der Waals surface area contributed by atoms with E-state index in [4.69, 9.17) is 9.41 Å². The molecule has 2 heterocycles. The van der Waals surface area contributed by atoms with E-state index in [-0.39, 0.29) is 12.1 Å². The third kappa shape index (κ3) is 3.78. The van der Waals surface area contributed by atoms with Gasteiger partial charge in [-0.05, 0) is 46.4 Å². The highest BCUT2D eigenvalue weighted by Crippen LogP contribution is 2.46. The van der Waals surface area contributed by atoms with Gasteiger partial charge in [0.1, 0.15) is 17.3 Å². The van der Waals surface area contributed by atoms with Gasteiger partial charge in [0, 0.05) is 33.0 Å². The summed E-state index contributed by atoms with van der Waals surface area (Å²) in [6.07, 6.45) is 0.697. The van der Waals surface area contributed by atoms with Crippen LogP contribution < -0.4 is 15.9 Å². The van der Waals surface area contributed by atoms with Crippen LogP contribution in [-0.4, -0.2) is 0 Å². The van der Waals surface area contributed by atoms with E-state index in [9.17, 15) is 0 Å². The second kappa shape index (κ2) is 9.57. The van der Waals surface area contributed by atoms with Gasteiger partial charge >= 0.3 is 0 Å². The number of para-hydroxylation sites is 2. The van der Waals surface area contributed by atoms with Crippen molar-refractivity contribution >= 4 is 27.6 Å². The summed E-state index contributed by atoms with van der Waals surface area (Å²) < 4.78 is 6.78. The molecule has 43 heavy (non-hydrogen) atoms. The molecule has 0 amide bonds.